The average molecular weight is 549 g/mol. The molecule has 1 amide bonds. The molecular weight excluding hydrogens is 516 g/mol. The third-order valence-electron chi connectivity index (χ3n) is 5.61. The summed E-state index contributed by atoms with van der Waals surface area (Å²) in [6.45, 7) is 6.67. The van der Waals surface area contributed by atoms with Crippen LogP contribution in [0.15, 0.2) is 29.3 Å². The average Bonchev–Trinajstić information content (AvgIpc) is 3.18. The van der Waals surface area contributed by atoms with E-state index in [0.29, 0.717) is 26.1 Å². The van der Waals surface area contributed by atoms with Crippen molar-refractivity contribution in [2.24, 2.45) is 4.99 Å². The number of carbonyl (C=O) groups is 1. The van der Waals surface area contributed by atoms with Gasteiger partial charge in [0.15, 0.2) is 5.96 Å². The molecule has 0 aromatic heterocycles. The lowest BCUT2D eigenvalue weighted by atomic mass is 10.1. The monoisotopic (exact) mass is 549 g/mol. The van der Waals surface area contributed by atoms with Crippen molar-refractivity contribution in [2.75, 3.05) is 57.0 Å². The van der Waals surface area contributed by atoms with Crippen molar-refractivity contribution in [3.8, 4) is 0 Å². The Morgan fingerprint density at radius 1 is 1.20 bits per heavy atom. The summed E-state index contributed by atoms with van der Waals surface area (Å²) in [4.78, 5) is 20.9. The molecule has 0 spiro atoms. The largest absolute Gasteiger partial charge is 0.368 e. The zero-order valence-electron chi connectivity index (χ0n) is 17.8. The molecule has 0 bridgehead atoms. The fourth-order valence-electron chi connectivity index (χ4n) is 3.78. The maximum atomic E-state index is 13.1. The Bertz CT molecular complexity index is 704. The number of halogens is 2. The van der Waals surface area contributed by atoms with E-state index in [1.165, 1.54) is 30.7 Å². The number of aliphatic imine (C=N–C) groups is 1. The van der Waals surface area contributed by atoms with Crippen molar-refractivity contribution >= 4 is 53.3 Å². The lowest BCUT2D eigenvalue weighted by Crippen LogP contribution is -2.49. The summed E-state index contributed by atoms with van der Waals surface area (Å²) in [5.74, 6) is 1.92. The topological polar surface area (TPSA) is 60.0 Å². The zero-order chi connectivity index (χ0) is 20.7. The summed E-state index contributed by atoms with van der Waals surface area (Å²) in [5.41, 5.74) is 1.00. The molecule has 2 N–H and O–H groups in total. The molecule has 2 heterocycles. The van der Waals surface area contributed by atoms with Crippen molar-refractivity contribution in [1.29, 1.82) is 0 Å². The van der Waals surface area contributed by atoms with Gasteiger partial charge in [-0.2, -0.15) is 11.8 Å². The molecule has 9 heteroatoms. The number of amides is 1. The van der Waals surface area contributed by atoms with Gasteiger partial charge in [-0.15, -0.1) is 24.0 Å². The van der Waals surface area contributed by atoms with Gasteiger partial charge in [-0.05, 0) is 49.8 Å². The van der Waals surface area contributed by atoms with Gasteiger partial charge in [-0.25, -0.2) is 4.39 Å². The number of hydrogen-bond donors (Lipinski definition) is 2. The van der Waals surface area contributed by atoms with Gasteiger partial charge >= 0.3 is 0 Å². The van der Waals surface area contributed by atoms with Gasteiger partial charge in [0, 0.05) is 63.2 Å². The Morgan fingerprint density at radius 3 is 2.50 bits per heavy atom. The first-order valence-corrected chi connectivity index (χ1v) is 11.3. The third-order valence-corrected chi connectivity index (χ3v) is 7.15. The molecule has 0 aliphatic carbocycles. The van der Waals surface area contributed by atoms with Gasteiger partial charge in [0.25, 0.3) is 0 Å². The molecule has 30 heavy (non-hydrogen) atoms. The molecule has 2 aliphatic heterocycles. The van der Waals surface area contributed by atoms with Crippen LogP contribution in [-0.2, 0) is 4.79 Å². The quantitative estimate of drug-likeness (QED) is 0.325. The summed E-state index contributed by atoms with van der Waals surface area (Å²) in [7, 11) is 1.76. The highest BCUT2D eigenvalue weighted by Crippen LogP contribution is 2.36. The molecule has 1 unspecified atom stereocenters. The highest BCUT2D eigenvalue weighted by atomic mass is 127. The van der Waals surface area contributed by atoms with Crippen LogP contribution in [0.3, 0.4) is 0 Å². The van der Waals surface area contributed by atoms with E-state index < -0.39 is 0 Å². The van der Waals surface area contributed by atoms with Gasteiger partial charge in [0.05, 0.1) is 0 Å². The molecule has 1 aromatic rings. The first kappa shape index (κ1) is 25.0. The number of guanidine groups is 1. The number of carbonyl (C=O) groups excluding carboxylic acids is 1. The molecule has 2 saturated heterocycles. The van der Waals surface area contributed by atoms with Crippen LogP contribution < -0.4 is 15.5 Å². The molecule has 1 aromatic carbocycles. The van der Waals surface area contributed by atoms with Gasteiger partial charge in [-0.3, -0.25) is 9.79 Å². The lowest BCUT2D eigenvalue weighted by molar-refractivity contribution is -0.131. The number of anilines is 1. The molecule has 1 atom stereocenters. The van der Waals surface area contributed by atoms with Crippen molar-refractivity contribution in [1.82, 2.24) is 15.5 Å². The second-order valence-electron chi connectivity index (χ2n) is 7.85. The Hall–Kier alpha value is -1.23. The molecule has 168 valence electrons. The predicted molar refractivity (Wildman–Crippen MR) is 135 cm³/mol. The van der Waals surface area contributed by atoms with Gasteiger partial charge < -0.3 is 20.4 Å². The van der Waals surface area contributed by atoms with Gasteiger partial charge in [-0.1, -0.05) is 0 Å². The van der Waals surface area contributed by atoms with E-state index in [-0.39, 0.29) is 40.4 Å². The zero-order valence-corrected chi connectivity index (χ0v) is 21.0. The van der Waals surface area contributed by atoms with E-state index in [1.807, 2.05) is 16.7 Å². The summed E-state index contributed by atoms with van der Waals surface area (Å²) in [6.07, 6.45) is 2.95. The van der Waals surface area contributed by atoms with Gasteiger partial charge in [0.1, 0.15) is 5.82 Å². The fourth-order valence-corrected chi connectivity index (χ4v) is 5.02. The van der Waals surface area contributed by atoms with Crippen LogP contribution in [0.25, 0.3) is 0 Å². The Balaban J connectivity index is 0.00000320. The van der Waals surface area contributed by atoms with Crippen LogP contribution in [0.1, 0.15) is 26.2 Å². The van der Waals surface area contributed by atoms with Crippen LogP contribution in [0.2, 0.25) is 0 Å². The minimum atomic E-state index is -0.226. The Kier molecular flexibility index (Phi) is 9.99. The first-order valence-electron chi connectivity index (χ1n) is 10.4. The normalized spacial score (nSPS) is 21.9. The maximum absolute atomic E-state index is 13.1. The number of rotatable bonds is 6. The van der Waals surface area contributed by atoms with Crippen LogP contribution in [0, 0.1) is 5.82 Å². The lowest BCUT2D eigenvalue weighted by Gasteiger charge is -2.36. The van der Waals surface area contributed by atoms with E-state index in [9.17, 15) is 9.18 Å². The number of piperazine rings is 1. The van der Waals surface area contributed by atoms with Crippen LogP contribution in [0.5, 0.6) is 0 Å². The minimum Gasteiger partial charge on any atom is -0.368 e. The number of hydrogen-bond acceptors (Lipinski definition) is 4. The number of nitrogens with zero attached hydrogens (tertiary/aromatic N) is 3. The van der Waals surface area contributed by atoms with Gasteiger partial charge in [0.2, 0.25) is 5.91 Å². The van der Waals surface area contributed by atoms with Crippen LogP contribution in [0.4, 0.5) is 10.1 Å². The summed E-state index contributed by atoms with van der Waals surface area (Å²) < 4.78 is 13.4. The molecule has 2 fully saturated rings. The van der Waals surface area contributed by atoms with Crippen molar-refractivity contribution in [3.63, 3.8) is 0 Å². The second kappa shape index (κ2) is 12.0. The number of thioether (sulfide) groups is 1. The highest BCUT2D eigenvalue weighted by Gasteiger charge is 2.29. The molecule has 6 nitrogen and oxygen atoms in total. The van der Waals surface area contributed by atoms with Crippen LogP contribution in [-0.4, -0.2) is 73.6 Å². The van der Waals surface area contributed by atoms with Crippen molar-refractivity contribution in [3.05, 3.63) is 30.1 Å². The fraction of sp³-hybridized carbons (Fsp3) is 0.619. The Labute approximate surface area is 200 Å². The van der Waals surface area contributed by atoms with E-state index in [1.54, 1.807) is 19.2 Å². The summed E-state index contributed by atoms with van der Waals surface area (Å²) in [6, 6.07) is 6.54. The Morgan fingerprint density at radius 2 is 1.90 bits per heavy atom. The van der Waals surface area contributed by atoms with E-state index in [4.69, 9.17) is 0 Å². The van der Waals surface area contributed by atoms with Crippen molar-refractivity contribution < 1.29 is 9.18 Å². The molecular formula is C21H33FIN5OS. The van der Waals surface area contributed by atoms with Crippen molar-refractivity contribution in [2.45, 2.75) is 30.9 Å². The van der Waals surface area contributed by atoms with E-state index in [0.717, 1.165) is 31.3 Å². The van der Waals surface area contributed by atoms with Crippen LogP contribution >= 0.6 is 35.7 Å². The first-order chi connectivity index (χ1) is 14.0. The molecule has 3 rings (SSSR count). The second-order valence-corrected chi connectivity index (χ2v) is 9.53. The minimum absolute atomic E-state index is 0. The SMILES string of the molecule is CN=C(NCCC(=O)N1CCN(c2ccc(F)cc2)CC1)NCC1(C)CCCS1.I. The number of nitrogens with one attached hydrogen (secondary N) is 2. The predicted octanol–water partition coefficient (Wildman–Crippen LogP) is 2.93. The smallest absolute Gasteiger partial charge is 0.224 e. The van der Waals surface area contributed by atoms with E-state index in [2.05, 4.69) is 27.4 Å². The molecule has 0 saturated carbocycles. The summed E-state index contributed by atoms with van der Waals surface area (Å²) >= 11 is 2.02. The van der Waals surface area contributed by atoms with E-state index >= 15 is 0 Å². The standard InChI is InChI=1S/C21H32FN5OS.HI/c1-21(9-3-15-29-21)16-25-20(23-2)24-10-8-19(28)27-13-11-26(12-14-27)18-6-4-17(22)5-7-18;/h4-7H,3,8-16H2,1-2H3,(H2,23,24,25);1H. The summed E-state index contributed by atoms with van der Waals surface area (Å²) in [5, 5.41) is 6.65. The third kappa shape index (κ3) is 7.18. The number of benzene rings is 1. The highest BCUT2D eigenvalue weighted by molar-refractivity contribution is 14.0. The molecule has 2 aliphatic rings. The molecule has 0 radical (unpaired) electrons. The maximum Gasteiger partial charge on any atom is 0.224 e.